The van der Waals surface area contributed by atoms with E-state index in [1.807, 2.05) is 5.32 Å². The van der Waals surface area contributed by atoms with E-state index in [0.29, 0.717) is 5.56 Å². The zero-order valence-corrected chi connectivity index (χ0v) is 8.80. The third-order valence-corrected chi connectivity index (χ3v) is 2.26. The Kier molecular flexibility index (Phi) is 3.04. The first-order valence-corrected chi connectivity index (χ1v) is 5.00. The Morgan fingerprint density at radius 2 is 2.00 bits per heavy atom. The van der Waals surface area contributed by atoms with Crippen LogP contribution in [0.25, 0.3) is 0 Å². The van der Waals surface area contributed by atoms with Crippen LogP contribution in [0.2, 0.25) is 0 Å². The molecule has 88 valence electrons. The van der Waals surface area contributed by atoms with Crippen LogP contribution in [0.15, 0.2) is 30.3 Å². The third kappa shape index (κ3) is 2.60. The van der Waals surface area contributed by atoms with Gasteiger partial charge in [0.15, 0.2) is 0 Å². The Bertz CT molecular complexity index is 458. The number of nitrogens with one attached hydrogen (secondary N) is 2. The molecule has 1 aromatic rings. The summed E-state index contributed by atoms with van der Waals surface area (Å²) in [6, 6.07) is 7.63. The van der Waals surface area contributed by atoms with Crippen LogP contribution in [0.3, 0.4) is 0 Å². The van der Waals surface area contributed by atoms with E-state index in [1.54, 1.807) is 30.3 Å². The van der Waals surface area contributed by atoms with E-state index in [-0.39, 0.29) is 12.5 Å². The van der Waals surface area contributed by atoms with Gasteiger partial charge < -0.3 is 10.1 Å². The predicted octanol–water partition coefficient (Wildman–Crippen LogP) is 0.0514. The second-order valence-electron chi connectivity index (χ2n) is 3.48. The lowest BCUT2D eigenvalue weighted by molar-refractivity contribution is -0.125. The number of imide groups is 1. The fourth-order valence-electron chi connectivity index (χ4n) is 1.40. The monoisotopic (exact) mass is 234 g/mol. The van der Waals surface area contributed by atoms with Crippen LogP contribution in [0.1, 0.15) is 10.4 Å². The summed E-state index contributed by atoms with van der Waals surface area (Å²) in [6.45, 7) is -0.150. The van der Waals surface area contributed by atoms with E-state index in [2.05, 4.69) is 10.1 Å². The summed E-state index contributed by atoms with van der Waals surface area (Å²) in [6.07, 6.45) is -0.791. The van der Waals surface area contributed by atoms with Gasteiger partial charge in [0.2, 0.25) is 0 Å². The molecule has 17 heavy (non-hydrogen) atoms. The molecular weight excluding hydrogens is 224 g/mol. The highest BCUT2D eigenvalue weighted by atomic mass is 16.6. The van der Waals surface area contributed by atoms with E-state index in [1.165, 1.54) is 0 Å². The molecule has 0 unspecified atom stereocenters. The summed E-state index contributed by atoms with van der Waals surface area (Å²) in [5.41, 5.74) is 0.442. The van der Waals surface area contributed by atoms with Crippen LogP contribution in [0.4, 0.5) is 4.79 Å². The molecule has 1 fully saturated rings. The van der Waals surface area contributed by atoms with Crippen molar-refractivity contribution in [3.63, 3.8) is 0 Å². The van der Waals surface area contributed by atoms with Crippen molar-refractivity contribution in [2.24, 2.45) is 0 Å². The molecule has 1 saturated heterocycles. The van der Waals surface area contributed by atoms with Crippen molar-refractivity contribution >= 4 is 17.9 Å². The fraction of sp³-hybridized carbons (Fsp3) is 0.182. The lowest BCUT2D eigenvalue weighted by Gasteiger charge is -2.22. The number of cyclic esters (lactones) is 1. The van der Waals surface area contributed by atoms with Crippen molar-refractivity contribution in [1.82, 2.24) is 10.6 Å². The Labute approximate surface area is 96.9 Å². The quantitative estimate of drug-likeness (QED) is 0.757. The second-order valence-corrected chi connectivity index (χ2v) is 3.48. The highest BCUT2D eigenvalue weighted by molar-refractivity contribution is 6.01. The fourth-order valence-corrected chi connectivity index (χ4v) is 1.40. The van der Waals surface area contributed by atoms with Crippen LogP contribution >= 0.6 is 0 Å². The molecule has 1 aromatic carbocycles. The predicted molar refractivity (Wildman–Crippen MR) is 57.2 cm³/mol. The van der Waals surface area contributed by atoms with E-state index >= 15 is 0 Å². The Morgan fingerprint density at radius 3 is 2.65 bits per heavy atom. The maximum absolute atomic E-state index is 11.7. The van der Waals surface area contributed by atoms with Crippen molar-refractivity contribution in [1.29, 1.82) is 0 Å². The minimum absolute atomic E-state index is 0.150. The molecule has 0 radical (unpaired) electrons. The smallest absolute Gasteiger partial charge is 0.413 e. The van der Waals surface area contributed by atoms with Gasteiger partial charge >= 0.3 is 6.09 Å². The van der Waals surface area contributed by atoms with Crippen LogP contribution < -0.4 is 10.6 Å². The number of rotatable bonds is 2. The van der Waals surface area contributed by atoms with Gasteiger partial charge in [0.1, 0.15) is 12.6 Å². The lowest BCUT2D eigenvalue weighted by Crippen LogP contribution is -2.55. The molecule has 1 atom stereocenters. The molecule has 0 aliphatic carbocycles. The highest BCUT2D eigenvalue weighted by Crippen LogP contribution is 2.01. The number of carbonyl (C=O) groups is 3. The largest absolute Gasteiger partial charge is 0.446 e. The molecule has 1 aliphatic rings. The lowest BCUT2D eigenvalue weighted by atomic mass is 10.2. The Morgan fingerprint density at radius 1 is 1.29 bits per heavy atom. The number of carbonyl (C=O) groups excluding carboxylic acids is 3. The average molecular weight is 234 g/mol. The minimum atomic E-state index is -0.847. The summed E-state index contributed by atoms with van der Waals surface area (Å²) in [7, 11) is 0. The molecule has 0 aromatic heterocycles. The van der Waals surface area contributed by atoms with Crippen LogP contribution in [-0.4, -0.2) is 30.6 Å². The molecule has 3 amide bonds. The van der Waals surface area contributed by atoms with E-state index in [4.69, 9.17) is 0 Å². The van der Waals surface area contributed by atoms with Crippen LogP contribution in [0, 0.1) is 0 Å². The summed E-state index contributed by atoms with van der Waals surface area (Å²) in [5, 5.41) is 4.45. The number of hydrogen-bond donors (Lipinski definition) is 2. The summed E-state index contributed by atoms with van der Waals surface area (Å²) < 4.78 is 4.61. The van der Waals surface area contributed by atoms with Crippen molar-refractivity contribution < 1.29 is 19.1 Å². The van der Waals surface area contributed by atoms with Gasteiger partial charge in [-0.3, -0.25) is 14.9 Å². The van der Waals surface area contributed by atoms with E-state index < -0.39 is 18.0 Å². The molecular formula is C11H10N2O4. The first-order valence-electron chi connectivity index (χ1n) is 5.00. The van der Waals surface area contributed by atoms with Crippen molar-refractivity contribution in [3.8, 4) is 0 Å². The van der Waals surface area contributed by atoms with Gasteiger partial charge in [-0.1, -0.05) is 18.2 Å². The van der Waals surface area contributed by atoms with Crippen molar-refractivity contribution in [2.45, 2.75) is 6.04 Å². The topological polar surface area (TPSA) is 84.5 Å². The Hall–Kier alpha value is -2.37. The summed E-state index contributed by atoms with van der Waals surface area (Å²) in [5.74, 6) is -0.950. The molecule has 6 nitrogen and oxygen atoms in total. The SMILES string of the molecule is O=C1NC(=O)[C@@H](NC(=O)c2ccccc2)CO1. The van der Waals surface area contributed by atoms with Gasteiger partial charge in [-0.2, -0.15) is 0 Å². The van der Waals surface area contributed by atoms with Gasteiger partial charge in [-0.25, -0.2) is 4.79 Å². The van der Waals surface area contributed by atoms with Crippen molar-refractivity contribution in [3.05, 3.63) is 35.9 Å². The van der Waals surface area contributed by atoms with Crippen molar-refractivity contribution in [2.75, 3.05) is 6.61 Å². The number of benzene rings is 1. The van der Waals surface area contributed by atoms with Crippen LogP contribution in [0.5, 0.6) is 0 Å². The molecule has 1 aliphatic heterocycles. The molecule has 2 rings (SSSR count). The first kappa shape index (κ1) is 11.1. The van der Waals surface area contributed by atoms with E-state index in [0.717, 1.165) is 0 Å². The minimum Gasteiger partial charge on any atom is -0.446 e. The normalized spacial score (nSPS) is 19.2. The van der Waals surface area contributed by atoms with Gasteiger partial charge in [-0.05, 0) is 12.1 Å². The van der Waals surface area contributed by atoms with Gasteiger partial charge in [-0.15, -0.1) is 0 Å². The van der Waals surface area contributed by atoms with Gasteiger partial charge in [0, 0.05) is 5.56 Å². The average Bonchev–Trinajstić information content (AvgIpc) is 2.34. The van der Waals surface area contributed by atoms with Crippen LogP contribution in [-0.2, 0) is 9.53 Å². The first-order chi connectivity index (χ1) is 8.16. The molecule has 0 saturated carbocycles. The van der Waals surface area contributed by atoms with Gasteiger partial charge in [0.25, 0.3) is 11.8 Å². The maximum atomic E-state index is 11.7. The zero-order chi connectivity index (χ0) is 12.3. The third-order valence-electron chi connectivity index (χ3n) is 2.26. The number of hydrogen-bond acceptors (Lipinski definition) is 4. The molecule has 2 N–H and O–H groups in total. The van der Waals surface area contributed by atoms with E-state index in [9.17, 15) is 14.4 Å². The summed E-state index contributed by atoms with van der Waals surface area (Å²) in [4.78, 5) is 33.8. The number of ether oxygens (including phenoxy) is 1. The Balaban J connectivity index is 2.00. The second kappa shape index (κ2) is 4.65. The molecule has 6 heteroatoms. The van der Waals surface area contributed by atoms with Gasteiger partial charge in [0.05, 0.1) is 0 Å². The summed E-state index contributed by atoms with van der Waals surface area (Å²) >= 11 is 0. The highest BCUT2D eigenvalue weighted by Gasteiger charge is 2.29. The maximum Gasteiger partial charge on any atom is 0.413 e. The number of amides is 3. The molecule has 0 spiro atoms. The zero-order valence-electron chi connectivity index (χ0n) is 8.80. The molecule has 1 heterocycles. The number of alkyl carbamates (subject to hydrolysis) is 1. The standard InChI is InChI=1S/C11H10N2O4/c14-9(7-4-2-1-3-5-7)12-8-6-17-11(16)13-10(8)15/h1-5,8H,6H2,(H,12,14)(H,13,15,16)/t8-/m0/s1. The molecule has 0 bridgehead atoms.